The highest BCUT2D eigenvalue weighted by Gasteiger charge is 2.49. The van der Waals surface area contributed by atoms with Crippen LogP contribution < -0.4 is 10.6 Å². The highest BCUT2D eigenvalue weighted by atomic mass is 31.1. The number of carbonyl (C=O) groups excluding carboxylic acids is 2. The van der Waals surface area contributed by atoms with E-state index >= 15 is 0 Å². The largest absolute Gasteiger partial charge is 0.300 e. The van der Waals surface area contributed by atoms with Gasteiger partial charge < -0.3 is 0 Å². The molecule has 0 bridgehead atoms. The van der Waals surface area contributed by atoms with Crippen LogP contribution in [0.25, 0.3) is 22.3 Å². The summed E-state index contributed by atoms with van der Waals surface area (Å²) in [5.41, 5.74) is 14.4. The summed E-state index contributed by atoms with van der Waals surface area (Å²) in [6, 6.07) is 28.1. The number of carbonyl (C=O) groups is 2. The smallest absolute Gasteiger partial charge is 0.134 e. The van der Waals surface area contributed by atoms with Crippen LogP contribution in [0, 0.1) is 0 Å². The lowest BCUT2D eigenvalue weighted by molar-refractivity contribution is -0.120. The molecule has 2 saturated heterocycles. The van der Waals surface area contributed by atoms with E-state index in [-0.39, 0.29) is 20.6 Å². The first kappa shape index (κ1) is 53.0. The van der Waals surface area contributed by atoms with Crippen molar-refractivity contribution in [1.29, 1.82) is 0 Å². The van der Waals surface area contributed by atoms with Crippen LogP contribution >= 0.6 is 15.8 Å². The van der Waals surface area contributed by atoms with Gasteiger partial charge >= 0.3 is 0 Å². The van der Waals surface area contributed by atoms with E-state index in [4.69, 9.17) is 0 Å². The average molecular weight is 915 g/mol. The lowest BCUT2D eigenvalue weighted by Gasteiger charge is -2.50. The minimum Gasteiger partial charge on any atom is -0.300 e. The fourth-order valence-corrected chi connectivity index (χ4v) is 20.2. The van der Waals surface area contributed by atoms with Crippen molar-refractivity contribution in [3.8, 4) is 22.3 Å². The molecule has 2 aliphatic rings. The molecule has 0 aromatic heterocycles. The summed E-state index contributed by atoms with van der Waals surface area (Å²) in [5, 5.41) is 3.06. The molecule has 6 rings (SSSR count). The molecular formula is C61H88O2P2. The van der Waals surface area contributed by atoms with E-state index in [1.807, 2.05) is 0 Å². The van der Waals surface area contributed by atoms with Crippen LogP contribution in [0.15, 0.2) is 72.8 Å². The summed E-state index contributed by atoms with van der Waals surface area (Å²) >= 11 is 0. The van der Waals surface area contributed by atoms with Gasteiger partial charge in [0.15, 0.2) is 0 Å². The van der Waals surface area contributed by atoms with Gasteiger partial charge in [-0.05, 0) is 129 Å². The number of hydrogen-bond donors (Lipinski definition) is 0. The maximum atomic E-state index is 12.7. The molecule has 2 fully saturated rings. The van der Waals surface area contributed by atoms with Crippen LogP contribution in [0.1, 0.15) is 239 Å². The van der Waals surface area contributed by atoms with Crippen LogP contribution in [-0.2, 0) is 9.59 Å². The Morgan fingerprint density at radius 3 is 1.00 bits per heavy atom. The van der Waals surface area contributed by atoms with Gasteiger partial charge in [0.1, 0.15) is 11.6 Å². The Balaban J connectivity index is 0.000000244. The van der Waals surface area contributed by atoms with E-state index in [1.54, 1.807) is 0 Å². The second-order valence-corrected chi connectivity index (χ2v) is 31.3. The molecule has 2 nitrogen and oxygen atoms in total. The van der Waals surface area contributed by atoms with Crippen LogP contribution in [-0.4, -0.2) is 32.2 Å². The Hall–Kier alpha value is -2.92. The van der Waals surface area contributed by atoms with Crippen molar-refractivity contribution in [3.63, 3.8) is 0 Å². The molecule has 1 atom stereocenters. The number of benzene rings is 4. The lowest BCUT2D eigenvalue weighted by Crippen LogP contribution is -2.43. The minimum atomic E-state index is -0.555. The predicted octanol–water partition coefficient (Wildman–Crippen LogP) is 17.9. The van der Waals surface area contributed by atoms with Gasteiger partial charge in [-0.25, -0.2) is 0 Å². The number of rotatable bonds is 10. The zero-order valence-electron chi connectivity index (χ0n) is 44.6. The molecule has 65 heavy (non-hydrogen) atoms. The highest BCUT2D eigenvalue weighted by molar-refractivity contribution is 7.69. The molecule has 0 saturated carbocycles. The summed E-state index contributed by atoms with van der Waals surface area (Å²) in [5.74, 6) is 3.70. The van der Waals surface area contributed by atoms with Crippen molar-refractivity contribution < 1.29 is 9.59 Å². The SMILES string of the molecule is CC(C)c1cc(C(C)C)c(-c2ccccc2P2C(C)(C)CC(=O)CC2(C)C)c(C(C)C)c1.CC(C)c1cc(C(C)C)c(-c2ccccc2P2C(C)(C)CCC(=O)CC2(C)C)c(C(C)C)c1. The molecule has 1 unspecified atom stereocenters. The third-order valence-corrected chi connectivity index (χ3v) is 21.7. The van der Waals surface area contributed by atoms with E-state index in [0.717, 1.165) is 12.8 Å². The summed E-state index contributed by atoms with van der Waals surface area (Å²) in [6.45, 7) is 46.6. The van der Waals surface area contributed by atoms with Gasteiger partial charge in [-0.1, -0.05) is 227 Å². The normalized spacial score (nSPS) is 19.6. The second-order valence-electron chi connectivity index (χ2n) is 24.1. The van der Waals surface area contributed by atoms with Gasteiger partial charge in [-0.15, -0.1) is 0 Å². The molecule has 2 heterocycles. The second kappa shape index (κ2) is 20.4. The fraction of sp³-hybridized carbons (Fsp3) is 0.574. The first-order valence-electron chi connectivity index (χ1n) is 25.2. The van der Waals surface area contributed by atoms with Crippen molar-refractivity contribution in [2.45, 2.75) is 227 Å². The average Bonchev–Trinajstić information content (AvgIpc) is 3.26. The Labute approximate surface area is 400 Å². The standard InChI is InChI=1S/C31H45OP.C30H43OP/c1-20(2)23-17-26(21(3)4)29(27(18-23)22(5)6)25-13-11-12-14-28(25)33-30(7,8)16-15-24(32)19-31(33,9)10;1-19(2)22-15-25(20(3)4)28(26(16-22)21(5)6)24-13-11-12-14-27(24)32-29(7,8)17-23(31)18-30(32,9)10/h11-14,17-18,20-22H,15-16,19H2,1-10H3;11-16,19-21H,17-18H2,1-10H3. The van der Waals surface area contributed by atoms with Crippen LogP contribution in [0.4, 0.5) is 0 Å². The number of hydrogen-bond acceptors (Lipinski definition) is 2. The molecular weight excluding hydrogens is 827 g/mol. The lowest BCUT2D eigenvalue weighted by atomic mass is 9.82. The van der Waals surface area contributed by atoms with E-state index in [9.17, 15) is 9.59 Å². The molecule has 0 aliphatic carbocycles. The summed E-state index contributed by atoms with van der Waals surface area (Å²) in [7, 11) is -1.08. The van der Waals surface area contributed by atoms with Crippen molar-refractivity contribution in [1.82, 2.24) is 0 Å². The highest BCUT2D eigenvalue weighted by Crippen LogP contribution is 2.66. The molecule has 4 heteroatoms. The first-order valence-corrected chi connectivity index (χ1v) is 27.9. The Morgan fingerprint density at radius 2 is 0.692 bits per heavy atom. The quantitative estimate of drug-likeness (QED) is 0.149. The molecule has 4 aromatic carbocycles. The molecule has 0 N–H and O–H groups in total. The van der Waals surface area contributed by atoms with Crippen molar-refractivity contribution in [2.24, 2.45) is 0 Å². The fourth-order valence-electron chi connectivity index (χ4n) is 11.6. The number of ketones is 2. The topological polar surface area (TPSA) is 34.1 Å². The Bertz CT molecular complexity index is 2250. The van der Waals surface area contributed by atoms with Gasteiger partial charge in [0, 0.05) is 25.7 Å². The molecule has 0 amide bonds. The summed E-state index contributed by atoms with van der Waals surface area (Å²) in [6.07, 6.45) is 3.77. The van der Waals surface area contributed by atoms with Gasteiger partial charge in [0.05, 0.1) is 0 Å². The van der Waals surface area contributed by atoms with Crippen LogP contribution in [0.2, 0.25) is 0 Å². The number of Topliss-reactive ketones (excluding diaryl/α,β-unsaturated/α-hetero) is 2. The molecule has 4 aromatic rings. The Morgan fingerprint density at radius 1 is 0.400 bits per heavy atom. The Kier molecular flexibility index (Phi) is 16.6. The monoisotopic (exact) mass is 915 g/mol. The summed E-state index contributed by atoms with van der Waals surface area (Å²) < 4.78 is 0. The van der Waals surface area contributed by atoms with E-state index in [1.165, 1.54) is 66.2 Å². The first-order chi connectivity index (χ1) is 30.0. The summed E-state index contributed by atoms with van der Waals surface area (Å²) in [4.78, 5) is 25.3. The molecule has 2 aliphatic heterocycles. The van der Waals surface area contributed by atoms with Crippen molar-refractivity contribution >= 4 is 38.0 Å². The maximum absolute atomic E-state index is 12.7. The van der Waals surface area contributed by atoms with E-state index in [0.29, 0.717) is 66.3 Å². The van der Waals surface area contributed by atoms with Gasteiger partial charge in [-0.3, -0.25) is 9.59 Å². The van der Waals surface area contributed by atoms with E-state index < -0.39 is 15.8 Å². The predicted molar refractivity (Wildman–Crippen MR) is 291 cm³/mol. The van der Waals surface area contributed by atoms with Crippen LogP contribution in [0.5, 0.6) is 0 Å². The van der Waals surface area contributed by atoms with Gasteiger partial charge in [0.2, 0.25) is 0 Å². The minimum absolute atomic E-state index is 0.00185. The molecule has 0 spiro atoms. The van der Waals surface area contributed by atoms with Gasteiger partial charge in [0.25, 0.3) is 0 Å². The van der Waals surface area contributed by atoms with E-state index in [2.05, 4.69) is 211 Å². The van der Waals surface area contributed by atoms with Gasteiger partial charge in [-0.2, -0.15) is 0 Å². The van der Waals surface area contributed by atoms with Crippen LogP contribution in [0.3, 0.4) is 0 Å². The molecule has 354 valence electrons. The van der Waals surface area contributed by atoms with Crippen molar-refractivity contribution in [2.75, 3.05) is 0 Å². The third kappa shape index (κ3) is 11.5. The third-order valence-electron chi connectivity index (χ3n) is 14.4. The zero-order chi connectivity index (χ0) is 48.7. The van der Waals surface area contributed by atoms with Crippen molar-refractivity contribution in [3.05, 3.63) is 106 Å². The maximum Gasteiger partial charge on any atom is 0.134 e. The molecule has 0 radical (unpaired) electrons. The zero-order valence-corrected chi connectivity index (χ0v) is 46.4.